The minimum absolute atomic E-state index is 0.225. The molecule has 1 saturated heterocycles. The van der Waals surface area contributed by atoms with Crippen molar-refractivity contribution >= 4 is 57.9 Å². The highest BCUT2D eigenvalue weighted by Crippen LogP contribution is 2.39. The smallest absolute Gasteiger partial charge is 0.343 e. The van der Waals surface area contributed by atoms with E-state index >= 15 is 0 Å². The fourth-order valence-electron chi connectivity index (χ4n) is 3.02. The zero-order chi connectivity index (χ0) is 22.7. The van der Waals surface area contributed by atoms with Gasteiger partial charge in [0, 0.05) is 11.4 Å². The maximum atomic E-state index is 13.1. The van der Waals surface area contributed by atoms with Gasteiger partial charge in [-0.3, -0.25) is 9.47 Å². The second-order valence-electron chi connectivity index (χ2n) is 6.55. The Morgan fingerprint density at radius 2 is 1.90 bits per heavy atom. The Balaban J connectivity index is 1.93. The van der Waals surface area contributed by atoms with E-state index in [1.54, 1.807) is 22.9 Å². The number of carbonyl (C=O) groups excluding carboxylic acids is 2. The maximum Gasteiger partial charge on any atom is 0.343 e. The zero-order valence-corrected chi connectivity index (χ0v) is 19.8. The minimum atomic E-state index is -0.540. The van der Waals surface area contributed by atoms with Crippen LogP contribution in [-0.2, 0) is 14.3 Å². The summed E-state index contributed by atoms with van der Waals surface area (Å²) in [5.41, 5.74) is 2.45. The molecule has 10 heteroatoms. The van der Waals surface area contributed by atoms with E-state index in [4.69, 9.17) is 33.3 Å². The highest BCUT2D eigenvalue weighted by Gasteiger charge is 2.34. The first-order valence-electron chi connectivity index (χ1n) is 9.36. The van der Waals surface area contributed by atoms with Gasteiger partial charge in [-0.05, 0) is 68.9 Å². The standard InChI is InChI=1S/C21H21ClN2O5S2/c1-5-28-16-9-14(8-15(22)19(16)29-11-18(25)27-4)10-17-20(26)24(21(30)31-17)23-12(2)6-7-13(23)3/h6-10H,5,11H2,1-4H3/b17-10-. The van der Waals surface area contributed by atoms with Crippen LogP contribution in [0.4, 0.5) is 0 Å². The molecule has 0 spiro atoms. The number of benzene rings is 1. The highest BCUT2D eigenvalue weighted by molar-refractivity contribution is 8.27. The molecule has 3 rings (SSSR count). The molecule has 31 heavy (non-hydrogen) atoms. The second kappa shape index (κ2) is 9.76. The van der Waals surface area contributed by atoms with Crippen molar-refractivity contribution in [3.63, 3.8) is 0 Å². The van der Waals surface area contributed by atoms with Gasteiger partial charge in [0.1, 0.15) is 0 Å². The number of halogens is 1. The molecule has 1 amide bonds. The normalized spacial score (nSPS) is 15.0. The number of nitrogens with zero attached hydrogens (tertiary/aromatic N) is 2. The Labute approximate surface area is 194 Å². The van der Waals surface area contributed by atoms with E-state index in [9.17, 15) is 9.59 Å². The molecule has 0 unspecified atom stereocenters. The monoisotopic (exact) mass is 480 g/mol. The summed E-state index contributed by atoms with van der Waals surface area (Å²) in [6.45, 7) is 5.71. The topological polar surface area (TPSA) is 70.0 Å². The van der Waals surface area contributed by atoms with Crippen LogP contribution < -0.4 is 14.5 Å². The predicted molar refractivity (Wildman–Crippen MR) is 125 cm³/mol. The lowest BCUT2D eigenvalue weighted by atomic mass is 10.2. The summed E-state index contributed by atoms with van der Waals surface area (Å²) >= 11 is 13.0. The third-order valence-electron chi connectivity index (χ3n) is 4.40. The van der Waals surface area contributed by atoms with Crippen LogP contribution >= 0.6 is 35.6 Å². The molecule has 0 saturated carbocycles. The number of esters is 1. The first-order valence-corrected chi connectivity index (χ1v) is 11.0. The fourth-order valence-corrected chi connectivity index (χ4v) is 4.54. The molecular formula is C21H21ClN2O5S2. The van der Waals surface area contributed by atoms with Crippen LogP contribution in [0, 0.1) is 13.8 Å². The highest BCUT2D eigenvalue weighted by atomic mass is 35.5. The van der Waals surface area contributed by atoms with E-state index in [0.717, 1.165) is 11.4 Å². The van der Waals surface area contributed by atoms with E-state index in [-0.39, 0.29) is 23.3 Å². The Morgan fingerprint density at radius 3 is 2.52 bits per heavy atom. The summed E-state index contributed by atoms with van der Waals surface area (Å²) in [6, 6.07) is 7.19. The molecule has 0 radical (unpaired) electrons. The van der Waals surface area contributed by atoms with E-state index in [0.29, 0.717) is 27.1 Å². The number of thioether (sulfide) groups is 1. The van der Waals surface area contributed by atoms with Gasteiger partial charge >= 0.3 is 5.97 Å². The number of hydrogen-bond acceptors (Lipinski definition) is 7. The number of carbonyl (C=O) groups is 2. The molecular weight excluding hydrogens is 460 g/mol. The lowest BCUT2D eigenvalue weighted by molar-refractivity contribution is -0.142. The van der Waals surface area contributed by atoms with Crippen LogP contribution in [-0.4, -0.2) is 41.2 Å². The number of thiocarbonyl (C=S) groups is 1. The van der Waals surface area contributed by atoms with E-state index in [2.05, 4.69) is 4.74 Å². The third kappa shape index (κ3) is 4.89. The van der Waals surface area contributed by atoms with E-state index < -0.39 is 5.97 Å². The first-order chi connectivity index (χ1) is 14.8. The zero-order valence-electron chi connectivity index (χ0n) is 17.4. The van der Waals surface area contributed by atoms with Gasteiger partial charge in [-0.25, -0.2) is 4.79 Å². The number of methoxy groups -OCH3 is 1. The SMILES string of the molecule is CCOc1cc(/C=C2\SC(=S)N(n3c(C)ccc3C)C2=O)cc(Cl)c1OCC(=O)OC. The van der Waals surface area contributed by atoms with Crippen LogP contribution in [0.5, 0.6) is 11.5 Å². The van der Waals surface area contributed by atoms with Gasteiger partial charge in [0.25, 0.3) is 5.91 Å². The number of aromatic nitrogens is 1. The third-order valence-corrected chi connectivity index (χ3v) is 5.96. The molecule has 2 aromatic rings. The lowest BCUT2D eigenvalue weighted by Crippen LogP contribution is -2.39. The van der Waals surface area contributed by atoms with Crippen LogP contribution in [0.3, 0.4) is 0 Å². The van der Waals surface area contributed by atoms with Crippen molar-refractivity contribution in [3.05, 3.63) is 51.1 Å². The molecule has 2 heterocycles. The Kier molecular flexibility index (Phi) is 7.30. The Morgan fingerprint density at radius 1 is 1.23 bits per heavy atom. The van der Waals surface area contributed by atoms with E-state index in [1.807, 2.05) is 32.9 Å². The fraction of sp³-hybridized carbons (Fsp3) is 0.286. The Bertz CT molecular complexity index is 1060. The molecule has 1 aliphatic rings. The number of ether oxygens (including phenoxy) is 3. The van der Waals surface area contributed by atoms with Crippen LogP contribution in [0.25, 0.3) is 6.08 Å². The van der Waals surface area contributed by atoms with Gasteiger partial charge in [-0.15, -0.1) is 0 Å². The van der Waals surface area contributed by atoms with Gasteiger partial charge < -0.3 is 14.2 Å². The summed E-state index contributed by atoms with van der Waals surface area (Å²) < 4.78 is 17.9. The number of amides is 1. The molecule has 1 aliphatic heterocycles. The summed E-state index contributed by atoms with van der Waals surface area (Å²) in [7, 11) is 1.27. The molecule has 1 aromatic carbocycles. The summed E-state index contributed by atoms with van der Waals surface area (Å²) in [6.07, 6.45) is 1.70. The number of aryl methyl sites for hydroxylation is 2. The molecule has 0 bridgehead atoms. The maximum absolute atomic E-state index is 13.1. The summed E-state index contributed by atoms with van der Waals surface area (Å²) in [5, 5.41) is 1.73. The van der Waals surface area contributed by atoms with E-state index in [1.165, 1.54) is 23.9 Å². The molecule has 0 N–H and O–H groups in total. The summed E-state index contributed by atoms with van der Waals surface area (Å²) in [4.78, 5) is 24.9. The largest absolute Gasteiger partial charge is 0.490 e. The van der Waals surface area contributed by atoms with Crippen LogP contribution in [0.15, 0.2) is 29.2 Å². The predicted octanol–water partition coefficient (Wildman–Crippen LogP) is 4.25. The van der Waals surface area contributed by atoms with Gasteiger partial charge in [-0.1, -0.05) is 23.4 Å². The van der Waals surface area contributed by atoms with Crippen molar-refractivity contribution in [3.8, 4) is 11.5 Å². The van der Waals surface area contributed by atoms with Crippen molar-refractivity contribution < 1.29 is 23.8 Å². The van der Waals surface area contributed by atoms with Crippen molar-refractivity contribution in [2.45, 2.75) is 20.8 Å². The van der Waals surface area contributed by atoms with Crippen molar-refractivity contribution in [2.75, 3.05) is 25.3 Å². The number of hydrogen-bond donors (Lipinski definition) is 0. The lowest BCUT2D eigenvalue weighted by Gasteiger charge is -2.20. The average molecular weight is 481 g/mol. The van der Waals surface area contributed by atoms with Crippen molar-refractivity contribution in [1.82, 2.24) is 4.68 Å². The Hall–Kier alpha value is -2.49. The van der Waals surface area contributed by atoms with Gasteiger partial charge in [0.15, 0.2) is 22.4 Å². The molecule has 1 aromatic heterocycles. The molecule has 164 valence electrons. The van der Waals surface area contributed by atoms with Crippen LogP contribution in [0.2, 0.25) is 5.02 Å². The molecule has 7 nitrogen and oxygen atoms in total. The number of rotatable bonds is 7. The van der Waals surface area contributed by atoms with Crippen molar-refractivity contribution in [2.24, 2.45) is 0 Å². The van der Waals surface area contributed by atoms with Gasteiger partial charge in [0.2, 0.25) is 0 Å². The molecule has 0 atom stereocenters. The average Bonchev–Trinajstić information content (AvgIpc) is 3.18. The van der Waals surface area contributed by atoms with Crippen LogP contribution in [0.1, 0.15) is 23.9 Å². The minimum Gasteiger partial charge on any atom is -0.490 e. The molecule has 0 aliphatic carbocycles. The quantitative estimate of drug-likeness (QED) is 0.333. The van der Waals surface area contributed by atoms with Crippen molar-refractivity contribution in [1.29, 1.82) is 0 Å². The first kappa shape index (κ1) is 23.2. The molecule has 1 fully saturated rings. The second-order valence-corrected chi connectivity index (χ2v) is 8.63. The van der Waals surface area contributed by atoms with Gasteiger partial charge in [-0.2, -0.15) is 5.01 Å². The van der Waals surface area contributed by atoms with Gasteiger partial charge in [0.05, 0.1) is 23.6 Å². The summed E-state index contributed by atoms with van der Waals surface area (Å²) in [5.74, 6) is -0.172.